The molecule has 1 aromatic heterocycles. The lowest BCUT2D eigenvalue weighted by atomic mass is 9.84. The van der Waals surface area contributed by atoms with E-state index in [4.69, 9.17) is 0 Å². The van der Waals surface area contributed by atoms with E-state index in [-0.39, 0.29) is 5.56 Å². The molecule has 5 rings (SSSR count). The van der Waals surface area contributed by atoms with Crippen LogP contribution in [0.1, 0.15) is 79.2 Å². The molecule has 0 N–H and O–H groups in total. The molecule has 5 heteroatoms. The Morgan fingerprint density at radius 3 is 2.08 bits per heavy atom. The number of nitrogens with zero attached hydrogens (tertiary/aromatic N) is 2. The molecular weight excluding hydrogens is 461 g/mol. The summed E-state index contributed by atoms with van der Waals surface area (Å²) in [7, 11) is 2.12. The molecule has 0 saturated heterocycles. The molecule has 3 aromatic rings. The number of rotatable bonds is 5. The maximum atomic E-state index is 15.1. The molecule has 3 heterocycles. The highest BCUT2D eigenvalue weighted by Gasteiger charge is 2.44. The Kier molecular flexibility index (Phi) is 6.38. The molecule has 0 atom stereocenters. The van der Waals surface area contributed by atoms with Gasteiger partial charge < -0.3 is 4.48 Å². The van der Waals surface area contributed by atoms with Crippen molar-refractivity contribution < 1.29 is 13.3 Å². The number of benzene rings is 2. The number of aryl methyl sites for hydroxylation is 3. The highest BCUT2D eigenvalue weighted by molar-refractivity contribution is 6.30. The Labute approximate surface area is 220 Å². The standard InChI is InChI=1S/C32H35BF2N2/c1-9-10-12-24-20(5)31-30(27-18(3)15-17(2)16-19(27)4)32-21(6)28(29-25(34)13-11-14-26(29)35)23(8)37(32)33-36(31)22(24)7/h11,13-16H,9-10,12H2,1-8H3/q+1. The van der Waals surface area contributed by atoms with Crippen LogP contribution < -0.4 is 0 Å². The topological polar surface area (TPSA) is 7.94 Å². The molecule has 0 unspecified atom stereocenters. The summed E-state index contributed by atoms with van der Waals surface area (Å²) < 4.78 is 34.6. The highest BCUT2D eigenvalue weighted by atomic mass is 19.1. The van der Waals surface area contributed by atoms with Gasteiger partial charge in [-0.15, -0.1) is 0 Å². The Hall–Kier alpha value is -3.21. The van der Waals surface area contributed by atoms with Crippen LogP contribution in [0.25, 0.3) is 16.7 Å². The SMILES string of the molecule is CCCCC1=C(C)C2=C(c3c(C)cc(C)cc3C)c3c(C)c(-c4c(F)cccc4F)c(C)n3[B][N+]2=C1C. The summed E-state index contributed by atoms with van der Waals surface area (Å²) >= 11 is 0. The molecule has 2 aliphatic rings. The van der Waals surface area contributed by atoms with Gasteiger partial charge in [0.05, 0.1) is 16.8 Å². The van der Waals surface area contributed by atoms with Crippen molar-refractivity contribution in [2.24, 2.45) is 0 Å². The van der Waals surface area contributed by atoms with Gasteiger partial charge in [-0.05, 0) is 88.8 Å². The van der Waals surface area contributed by atoms with Gasteiger partial charge in [0.15, 0.2) is 11.4 Å². The van der Waals surface area contributed by atoms with Gasteiger partial charge in [0.1, 0.15) is 11.6 Å². The van der Waals surface area contributed by atoms with E-state index in [0.717, 1.165) is 41.8 Å². The second-order valence-electron chi connectivity index (χ2n) is 10.7. The van der Waals surface area contributed by atoms with E-state index in [1.807, 2.05) is 13.8 Å². The molecule has 0 amide bonds. The first-order chi connectivity index (χ1) is 17.6. The largest absolute Gasteiger partial charge is 0.699 e. The van der Waals surface area contributed by atoms with Gasteiger partial charge in [-0.3, -0.25) is 4.49 Å². The molecule has 2 aromatic carbocycles. The number of hydrogen-bond donors (Lipinski definition) is 0. The lowest BCUT2D eigenvalue weighted by molar-refractivity contribution is -0.315. The van der Waals surface area contributed by atoms with Crippen molar-refractivity contribution >= 4 is 18.8 Å². The highest BCUT2D eigenvalue weighted by Crippen LogP contribution is 2.46. The molecule has 0 saturated carbocycles. The number of hydrogen-bond acceptors (Lipinski definition) is 0. The zero-order valence-electron chi connectivity index (χ0n) is 23.2. The van der Waals surface area contributed by atoms with E-state index in [1.165, 1.54) is 63.0 Å². The van der Waals surface area contributed by atoms with Crippen LogP contribution in [0, 0.1) is 46.3 Å². The maximum Gasteiger partial charge on any atom is 0.699 e. The summed E-state index contributed by atoms with van der Waals surface area (Å²) in [5.74, 6) is -1.07. The Morgan fingerprint density at radius 2 is 1.49 bits per heavy atom. The lowest BCUT2D eigenvalue weighted by Gasteiger charge is -2.23. The molecule has 2 nitrogen and oxygen atoms in total. The molecule has 0 spiro atoms. The van der Waals surface area contributed by atoms with Crippen molar-refractivity contribution in [2.75, 3.05) is 0 Å². The summed E-state index contributed by atoms with van der Waals surface area (Å²) in [5.41, 5.74) is 14.5. The van der Waals surface area contributed by atoms with Crippen LogP contribution in [0.2, 0.25) is 0 Å². The van der Waals surface area contributed by atoms with Crippen LogP contribution in [0.5, 0.6) is 0 Å². The second-order valence-corrected chi connectivity index (χ2v) is 10.7. The number of fused-ring (bicyclic) bond motifs is 2. The Balaban J connectivity index is 1.91. The average molecular weight is 496 g/mol. The first kappa shape index (κ1) is 25.4. The van der Waals surface area contributed by atoms with E-state index in [2.05, 4.69) is 70.2 Å². The van der Waals surface area contributed by atoms with Crippen molar-refractivity contribution in [1.82, 2.24) is 4.48 Å². The smallest absolute Gasteiger partial charge is 0.321 e. The van der Waals surface area contributed by atoms with Crippen molar-refractivity contribution in [3.63, 3.8) is 0 Å². The van der Waals surface area contributed by atoms with Gasteiger partial charge in [-0.2, -0.15) is 0 Å². The van der Waals surface area contributed by atoms with E-state index in [9.17, 15) is 0 Å². The average Bonchev–Trinajstić information content (AvgIpc) is 3.21. The second kappa shape index (κ2) is 9.27. The molecule has 37 heavy (non-hydrogen) atoms. The fraction of sp³-hybridized carbons (Fsp3) is 0.344. The summed E-state index contributed by atoms with van der Waals surface area (Å²) in [6.45, 7) is 17.1. The van der Waals surface area contributed by atoms with Crippen molar-refractivity contribution in [1.29, 1.82) is 0 Å². The third-order valence-electron chi connectivity index (χ3n) is 8.17. The number of allylic oxidation sites excluding steroid dienone is 2. The van der Waals surface area contributed by atoms with Gasteiger partial charge in [-0.25, -0.2) is 8.78 Å². The van der Waals surface area contributed by atoms with Crippen LogP contribution in [-0.2, 0) is 0 Å². The van der Waals surface area contributed by atoms with Gasteiger partial charge in [0, 0.05) is 29.3 Å². The predicted octanol–water partition coefficient (Wildman–Crippen LogP) is 8.12. The number of halogens is 2. The van der Waals surface area contributed by atoms with E-state index in [0.29, 0.717) is 5.56 Å². The van der Waals surface area contributed by atoms with E-state index in [1.54, 1.807) is 0 Å². The van der Waals surface area contributed by atoms with E-state index < -0.39 is 11.6 Å². The zero-order valence-corrected chi connectivity index (χ0v) is 23.2. The summed E-state index contributed by atoms with van der Waals surface area (Å²) in [4.78, 5) is 0. The number of aromatic nitrogens is 1. The normalized spacial score (nSPS) is 15.0. The van der Waals surface area contributed by atoms with Crippen LogP contribution in [0.15, 0.2) is 47.2 Å². The molecule has 0 aliphatic carbocycles. The Bertz CT molecular complexity index is 1520. The molecule has 189 valence electrons. The van der Waals surface area contributed by atoms with E-state index >= 15 is 8.78 Å². The lowest BCUT2D eigenvalue weighted by Crippen LogP contribution is -2.32. The minimum Gasteiger partial charge on any atom is -0.321 e. The fourth-order valence-electron chi connectivity index (χ4n) is 6.54. The zero-order chi connectivity index (χ0) is 26.8. The van der Waals surface area contributed by atoms with Crippen LogP contribution in [-0.4, -0.2) is 22.2 Å². The molecular formula is C32H35BF2N2+. The van der Waals surface area contributed by atoms with Crippen molar-refractivity contribution in [3.8, 4) is 11.1 Å². The summed E-state index contributed by atoms with van der Waals surface area (Å²) in [6, 6.07) is 8.57. The van der Waals surface area contributed by atoms with Gasteiger partial charge in [0.2, 0.25) is 0 Å². The van der Waals surface area contributed by atoms with Gasteiger partial charge in [-0.1, -0.05) is 37.1 Å². The van der Waals surface area contributed by atoms with Gasteiger partial charge in [0.25, 0.3) is 0 Å². The molecule has 0 bridgehead atoms. The van der Waals surface area contributed by atoms with Gasteiger partial charge >= 0.3 is 7.55 Å². The molecule has 1 radical (unpaired) electrons. The quantitative estimate of drug-likeness (QED) is 0.315. The summed E-state index contributed by atoms with van der Waals surface area (Å²) in [5, 5.41) is 0. The first-order valence-corrected chi connectivity index (χ1v) is 13.2. The summed E-state index contributed by atoms with van der Waals surface area (Å²) in [6.07, 6.45) is 3.33. The number of unbranched alkanes of at least 4 members (excludes halogenated alkanes) is 1. The van der Waals surface area contributed by atoms with Crippen molar-refractivity contribution in [3.05, 3.63) is 98.0 Å². The monoisotopic (exact) mass is 496 g/mol. The minimum atomic E-state index is -0.535. The molecule has 0 fully saturated rings. The van der Waals surface area contributed by atoms with Crippen LogP contribution in [0.3, 0.4) is 0 Å². The third kappa shape index (κ3) is 3.77. The molecule has 2 aliphatic heterocycles. The Morgan fingerprint density at radius 1 is 0.865 bits per heavy atom. The predicted molar refractivity (Wildman–Crippen MR) is 150 cm³/mol. The van der Waals surface area contributed by atoms with Crippen LogP contribution >= 0.6 is 0 Å². The van der Waals surface area contributed by atoms with Crippen molar-refractivity contribution in [2.45, 2.75) is 74.7 Å². The fourth-order valence-corrected chi connectivity index (χ4v) is 6.54. The first-order valence-electron chi connectivity index (χ1n) is 13.2. The minimum absolute atomic E-state index is 0.0475. The third-order valence-corrected chi connectivity index (χ3v) is 8.17. The maximum absolute atomic E-state index is 15.1. The van der Waals surface area contributed by atoms with Crippen LogP contribution in [0.4, 0.5) is 8.78 Å².